The summed E-state index contributed by atoms with van der Waals surface area (Å²) in [6, 6.07) is 2.69. The summed E-state index contributed by atoms with van der Waals surface area (Å²) >= 11 is 1.96. The average Bonchev–Trinajstić information content (AvgIpc) is 3.37. The van der Waals surface area contributed by atoms with Gasteiger partial charge in [-0.1, -0.05) is 0 Å². The van der Waals surface area contributed by atoms with Crippen molar-refractivity contribution in [1.82, 2.24) is 4.90 Å². The first kappa shape index (κ1) is 21.0. The summed E-state index contributed by atoms with van der Waals surface area (Å²) in [7, 11) is 0. The summed E-state index contributed by atoms with van der Waals surface area (Å²) in [6.45, 7) is 10.4. The molecule has 26 heavy (non-hydrogen) atoms. The standard InChI is InChI=1S/C9H9N2S2.3C4H9.Sn/c1-3-12-8-6-11(5-7(1)8)9-10-2-4-13-9;3*1-3-4-2;/h1H,2,4-6H2;3*1,3-4H2,2H3;. The van der Waals surface area contributed by atoms with E-state index in [0.29, 0.717) is 0 Å². The van der Waals surface area contributed by atoms with Crippen molar-refractivity contribution >= 4 is 49.5 Å². The summed E-state index contributed by atoms with van der Waals surface area (Å²) < 4.78 is 6.70. The Bertz CT molecular complexity index is 566. The third kappa shape index (κ3) is 4.83. The van der Waals surface area contributed by atoms with Crippen LogP contribution in [-0.2, 0) is 13.1 Å². The van der Waals surface area contributed by atoms with Crippen LogP contribution in [0.2, 0.25) is 13.3 Å². The first-order chi connectivity index (χ1) is 12.7. The van der Waals surface area contributed by atoms with E-state index in [1.807, 2.05) is 14.7 Å². The Hall–Kier alpha value is 0.319. The molecule has 5 heteroatoms. The topological polar surface area (TPSA) is 15.6 Å². The quantitative estimate of drug-likeness (QED) is 0.355. The van der Waals surface area contributed by atoms with Gasteiger partial charge in [-0.25, -0.2) is 0 Å². The fraction of sp³-hybridized carbons (Fsp3) is 0.762. The molecule has 0 atom stereocenters. The van der Waals surface area contributed by atoms with Gasteiger partial charge < -0.3 is 0 Å². The van der Waals surface area contributed by atoms with Gasteiger partial charge >= 0.3 is 174 Å². The van der Waals surface area contributed by atoms with Crippen LogP contribution in [0, 0.1) is 0 Å². The Morgan fingerprint density at radius 2 is 1.65 bits per heavy atom. The van der Waals surface area contributed by atoms with Crippen LogP contribution in [0.5, 0.6) is 0 Å². The first-order valence-electron chi connectivity index (χ1n) is 10.8. The molecule has 2 aliphatic rings. The van der Waals surface area contributed by atoms with Gasteiger partial charge in [-0.15, -0.1) is 0 Å². The normalized spacial score (nSPS) is 17.0. The molecule has 0 saturated carbocycles. The zero-order valence-corrected chi connectivity index (χ0v) is 21.5. The number of aliphatic imine (C=N–C) groups is 1. The second-order valence-electron chi connectivity index (χ2n) is 8.02. The van der Waals surface area contributed by atoms with Crippen molar-refractivity contribution in [2.75, 3.05) is 12.3 Å². The number of fused-ring (bicyclic) bond motifs is 1. The number of rotatable bonds is 10. The maximum absolute atomic E-state index is 4.70. The number of hydrogen-bond acceptors (Lipinski definition) is 4. The molecule has 0 amide bonds. The Labute approximate surface area is 173 Å². The van der Waals surface area contributed by atoms with Gasteiger partial charge in [0.1, 0.15) is 0 Å². The Balaban J connectivity index is 1.79. The van der Waals surface area contributed by atoms with Crippen molar-refractivity contribution in [3.63, 3.8) is 0 Å². The van der Waals surface area contributed by atoms with E-state index in [0.717, 1.165) is 19.6 Å². The van der Waals surface area contributed by atoms with E-state index in [-0.39, 0.29) is 0 Å². The molecule has 0 aromatic carbocycles. The molecular weight excluding hydrogens is 463 g/mol. The zero-order chi connectivity index (χ0) is 18.4. The minimum atomic E-state index is -2.22. The predicted molar refractivity (Wildman–Crippen MR) is 123 cm³/mol. The third-order valence-corrected chi connectivity index (χ3v) is 26.4. The fourth-order valence-electron chi connectivity index (χ4n) is 4.37. The van der Waals surface area contributed by atoms with Gasteiger partial charge in [0.15, 0.2) is 0 Å². The molecule has 2 nitrogen and oxygen atoms in total. The van der Waals surface area contributed by atoms with Crippen molar-refractivity contribution in [2.24, 2.45) is 4.99 Å². The Kier molecular flexibility index (Phi) is 8.25. The summed E-state index contributed by atoms with van der Waals surface area (Å²) in [5.74, 6) is 1.18. The van der Waals surface area contributed by atoms with Crippen LogP contribution in [0.4, 0.5) is 0 Å². The molecule has 0 spiro atoms. The molecule has 0 aliphatic carbocycles. The molecule has 3 rings (SSSR count). The van der Waals surface area contributed by atoms with E-state index in [2.05, 4.69) is 43.1 Å². The molecular formula is C21H36N2S2Sn. The summed E-state index contributed by atoms with van der Waals surface area (Å²) in [5, 5.41) is 1.30. The van der Waals surface area contributed by atoms with E-state index in [4.69, 9.17) is 4.99 Å². The Morgan fingerprint density at radius 3 is 2.15 bits per heavy atom. The van der Waals surface area contributed by atoms with Crippen LogP contribution in [-0.4, -0.2) is 40.7 Å². The summed E-state index contributed by atoms with van der Waals surface area (Å²) in [4.78, 5) is 8.88. The van der Waals surface area contributed by atoms with Gasteiger partial charge in [0.2, 0.25) is 0 Å². The number of thiophene rings is 1. The summed E-state index contributed by atoms with van der Waals surface area (Å²) in [5.41, 5.74) is 1.64. The van der Waals surface area contributed by atoms with Crippen LogP contribution >= 0.6 is 23.1 Å². The Morgan fingerprint density at radius 1 is 1.00 bits per heavy atom. The van der Waals surface area contributed by atoms with Crippen LogP contribution < -0.4 is 2.89 Å². The van der Waals surface area contributed by atoms with Crippen molar-refractivity contribution in [1.29, 1.82) is 0 Å². The number of thioether (sulfide) groups is 1. The maximum atomic E-state index is 4.70. The van der Waals surface area contributed by atoms with Crippen molar-refractivity contribution < 1.29 is 0 Å². The van der Waals surface area contributed by atoms with Crippen molar-refractivity contribution in [2.45, 2.75) is 85.7 Å². The number of amidine groups is 1. The molecule has 1 aromatic rings. The molecule has 0 fully saturated rings. The van der Waals surface area contributed by atoms with Gasteiger partial charge in [-0.3, -0.25) is 0 Å². The van der Waals surface area contributed by atoms with Gasteiger partial charge in [0, 0.05) is 0 Å². The van der Waals surface area contributed by atoms with Crippen LogP contribution in [0.15, 0.2) is 11.1 Å². The fourth-order valence-corrected chi connectivity index (χ4v) is 25.8. The molecule has 1 aromatic heterocycles. The molecule has 0 bridgehead atoms. The van der Waals surface area contributed by atoms with E-state index in [9.17, 15) is 0 Å². The van der Waals surface area contributed by atoms with Gasteiger partial charge in [-0.05, 0) is 0 Å². The van der Waals surface area contributed by atoms with E-state index in [1.165, 1.54) is 49.4 Å². The number of hydrogen-bond donors (Lipinski definition) is 0. The third-order valence-electron chi connectivity index (χ3n) is 5.98. The monoisotopic (exact) mass is 500 g/mol. The van der Waals surface area contributed by atoms with Crippen LogP contribution in [0.25, 0.3) is 0 Å². The van der Waals surface area contributed by atoms with Crippen LogP contribution in [0.3, 0.4) is 0 Å². The number of unbranched alkanes of at least 4 members (excludes halogenated alkanes) is 3. The molecule has 0 N–H and O–H groups in total. The average molecular weight is 499 g/mol. The SMILES string of the molecule is CCC[CH2][Sn]([CH2]CCC)([CH2]CCC)[c]1cc2c(s1)CN(C1=NCCS1)C2. The van der Waals surface area contributed by atoms with E-state index < -0.39 is 18.4 Å². The molecule has 0 unspecified atom stereocenters. The first-order valence-corrected chi connectivity index (χ1v) is 20.0. The molecule has 3 heterocycles. The number of nitrogens with zero attached hydrogens (tertiary/aromatic N) is 2. The minimum absolute atomic E-state index is 1.01. The molecule has 2 aliphatic heterocycles. The molecule has 146 valence electrons. The zero-order valence-electron chi connectivity index (χ0n) is 17.0. The van der Waals surface area contributed by atoms with E-state index in [1.54, 1.807) is 23.8 Å². The second kappa shape index (κ2) is 10.2. The molecule has 0 radical (unpaired) electrons. The molecule has 0 saturated heterocycles. The van der Waals surface area contributed by atoms with Gasteiger partial charge in [0.05, 0.1) is 0 Å². The second-order valence-corrected chi connectivity index (χ2v) is 24.4. The van der Waals surface area contributed by atoms with Crippen molar-refractivity contribution in [3.8, 4) is 0 Å². The summed E-state index contributed by atoms with van der Waals surface area (Å²) in [6.07, 6.45) is 8.50. The van der Waals surface area contributed by atoms with Crippen molar-refractivity contribution in [3.05, 3.63) is 16.5 Å². The van der Waals surface area contributed by atoms with Crippen LogP contribution in [0.1, 0.15) is 69.7 Å². The van der Waals surface area contributed by atoms with Gasteiger partial charge in [0.25, 0.3) is 0 Å². The van der Waals surface area contributed by atoms with E-state index >= 15 is 0 Å². The predicted octanol–water partition coefficient (Wildman–Crippen LogP) is 6.22. The van der Waals surface area contributed by atoms with Gasteiger partial charge in [-0.2, -0.15) is 0 Å².